The molecule has 0 aromatic heterocycles. The second kappa shape index (κ2) is 5.16. The van der Waals surface area contributed by atoms with Gasteiger partial charge in [0.15, 0.2) is 0 Å². The van der Waals surface area contributed by atoms with Crippen LogP contribution in [-0.2, 0) is 0 Å². The van der Waals surface area contributed by atoms with Crippen molar-refractivity contribution in [2.24, 2.45) is 5.73 Å². The zero-order valence-electron chi connectivity index (χ0n) is 11.1. The van der Waals surface area contributed by atoms with Gasteiger partial charge in [-0.15, -0.1) is 0 Å². The first-order chi connectivity index (χ1) is 8.27. The Kier molecular flexibility index (Phi) is 4.06. The summed E-state index contributed by atoms with van der Waals surface area (Å²) < 4.78 is 0. The van der Waals surface area contributed by atoms with Crippen molar-refractivity contribution in [2.75, 3.05) is 0 Å². The molecule has 1 aromatic rings. The number of amides is 1. The van der Waals surface area contributed by atoms with E-state index in [4.69, 9.17) is 5.73 Å². The van der Waals surface area contributed by atoms with Crippen molar-refractivity contribution >= 4 is 11.6 Å². The van der Waals surface area contributed by atoms with Gasteiger partial charge in [0.05, 0.1) is 4.92 Å². The van der Waals surface area contributed by atoms with Crippen molar-refractivity contribution in [3.05, 3.63) is 38.9 Å². The third-order valence-electron chi connectivity index (χ3n) is 2.88. The normalized spacial score (nSPS) is 11.0. The molecule has 0 heterocycles. The minimum atomic E-state index is -0.546. The van der Waals surface area contributed by atoms with Crippen LogP contribution in [-0.4, -0.2) is 10.8 Å². The fourth-order valence-electron chi connectivity index (χ4n) is 2.23. The van der Waals surface area contributed by atoms with Gasteiger partial charge in [-0.3, -0.25) is 14.9 Å². The lowest BCUT2D eigenvalue weighted by Gasteiger charge is -2.18. The van der Waals surface area contributed by atoms with Crippen molar-refractivity contribution in [1.29, 1.82) is 0 Å². The molecule has 2 N–H and O–H groups in total. The molecule has 1 aromatic carbocycles. The summed E-state index contributed by atoms with van der Waals surface area (Å²) in [5.41, 5.74) is 7.06. The number of rotatable bonds is 4. The second-order valence-electron chi connectivity index (χ2n) is 4.89. The van der Waals surface area contributed by atoms with Crippen LogP contribution < -0.4 is 5.73 Å². The zero-order chi connectivity index (χ0) is 14.0. The number of nitrogens with two attached hydrogens (primary N) is 1. The fourth-order valence-corrected chi connectivity index (χ4v) is 2.23. The molecule has 0 fully saturated rings. The molecule has 5 heteroatoms. The number of nitro benzene ring substituents is 1. The van der Waals surface area contributed by atoms with E-state index in [9.17, 15) is 14.9 Å². The van der Waals surface area contributed by atoms with Gasteiger partial charge in [-0.1, -0.05) is 27.7 Å². The van der Waals surface area contributed by atoms with E-state index in [0.29, 0.717) is 16.7 Å². The largest absolute Gasteiger partial charge is 0.366 e. The number of benzene rings is 1. The molecule has 0 aliphatic heterocycles. The zero-order valence-corrected chi connectivity index (χ0v) is 11.1. The Morgan fingerprint density at radius 3 is 2.00 bits per heavy atom. The number of hydrogen-bond donors (Lipinski definition) is 1. The van der Waals surface area contributed by atoms with E-state index in [2.05, 4.69) is 0 Å². The Hall–Kier alpha value is -1.91. The molecular formula is C13H18N2O3. The van der Waals surface area contributed by atoms with Gasteiger partial charge in [0, 0.05) is 17.2 Å². The summed E-state index contributed by atoms with van der Waals surface area (Å²) in [5, 5.41) is 11.1. The molecule has 0 unspecified atom stereocenters. The summed E-state index contributed by atoms with van der Waals surface area (Å²) >= 11 is 0. The van der Waals surface area contributed by atoms with Gasteiger partial charge >= 0.3 is 0 Å². The monoisotopic (exact) mass is 250 g/mol. The van der Waals surface area contributed by atoms with Crippen LogP contribution in [0.1, 0.15) is 61.0 Å². The van der Waals surface area contributed by atoms with Crippen LogP contribution in [0.2, 0.25) is 0 Å². The quantitative estimate of drug-likeness (QED) is 0.658. The van der Waals surface area contributed by atoms with E-state index in [0.717, 1.165) is 0 Å². The summed E-state index contributed by atoms with van der Waals surface area (Å²) in [4.78, 5) is 22.1. The summed E-state index contributed by atoms with van der Waals surface area (Å²) in [6.07, 6.45) is 0. The molecule has 0 saturated heterocycles. The molecule has 0 atom stereocenters. The molecule has 98 valence electrons. The minimum Gasteiger partial charge on any atom is -0.366 e. The lowest BCUT2D eigenvalue weighted by atomic mass is 9.85. The molecule has 5 nitrogen and oxygen atoms in total. The number of nitro groups is 1. The first kappa shape index (κ1) is 14.2. The first-order valence-corrected chi connectivity index (χ1v) is 5.88. The van der Waals surface area contributed by atoms with Gasteiger partial charge in [-0.05, 0) is 23.5 Å². The van der Waals surface area contributed by atoms with Crippen molar-refractivity contribution in [1.82, 2.24) is 0 Å². The second-order valence-corrected chi connectivity index (χ2v) is 4.89. The molecule has 0 radical (unpaired) electrons. The summed E-state index contributed by atoms with van der Waals surface area (Å²) in [7, 11) is 0. The third-order valence-corrected chi connectivity index (χ3v) is 2.88. The average Bonchev–Trinajstić information content (AvgIpc) is 2.26. The smallest absolute Gasteiger partial charge is 0.273 e. The summed E-state index contributed by atoms with van der Waals surface area (Å²) in [6.45, 7) is 7.55. The van der Waals surface area contributed by atoms with Gasteiger partial charge < -0.3 is 5.73 Å². The maximum absolute atomic E-state index is 11.4. The SMILES string of the molecule is CC(C)c1c(C(N)=O)ccc([N+](=O)[O-])c1C(C)C. The van der Waals surface area contributed by atoms with Gasteiger partial charge in [-0.2, -0.15) is 0 Å². The maximum atomic E-state index is 11.4. The van der Waals surface area contributed by atoms with Crippen LogP contribution in [0.4, 0.5) is 5.69 Å². The molecule has 0 bridgehead atoms. The van der Waals surface area contributed by atoms with Crippen molar-refractivity contribution in [3.8, 4) is 0 Å². The molecule has 18 heavy (non-hydrogen) atoms. The standard InChI is InChI=1S/C13H18N2O3/c1-7(2)11-9(13(14)16)5-6-10(15(17)18)12(11)8(3)4/h5-8H,1-4H3,(H2,14,16). The predicted octanol–water partition coefficient (Wildman–Crippen LogP) is 2.94. The van der Waals surface area contributed by atoms with E-state index in [-0.39, 0.29) is 17.5 Å². The van der Waals surface area contributed by atoms with E-state index < -0.39 is 10.8 Å². The Morgan fingerprint density at radius 2 is 1.67 bits per heavy atom. The maximum Gasteiger partial charge on any atom is 0.273 e. The van der Waals surface area contributed by atoms with Crippen LogP contribution in [0.15, 0.2) is 12.1 Å². The van der Waals surface area contributed by atoms with E-state index >= 15 is 0 Å². The summed E-state index contributed by atoms with van der Waals surface area (Å²) in [6, 6.07) is 2.81. The third kappa shape index (κ3) is 2.50. The van der Waals surface area contributed by atoms with Crippen LogP contribution in [0, 0.1) is 10.1 Å². The van der Waals surface area contributed by atoms with Crippen molar-refractivity contribution < 1.29 is 9.72 Å². The molecule has 0 saturated carbocycles. The Bertz CT molecular complexity index is 448. The van der Waals surface area contributed by atoms with E-state index in [1.54, 1.807) is 0 Å². The molecule has 0 aliphatic rings. The fraction of sp³-hybridized carbons (Fsp3) is 0.462. The number of carbonyl (C=O) groups excluding carboxylic acids is 1. The van der Waals surface area contributed by atoms with Gasteiger partial charge in [0.2, 0.25) is 5.91 Å². The van der Waals surface area contributed by atoms with E-state index in [1.807, 2.05) is 27.7 Å². The number of hydrogen-bond acceptors (Lipinski definition) is 3. The Morgan fingerprint density at radius 1 is 1.17 bits per heavy atom. The topological polar surface area (TPSA) is 86.2 Å². The van der Waals surface area contributed by atoms with Crippen LogP contribution in [0.5, 0.6) is 0 Å². The van der Waals surface area contributed by atoms with Gasteiger partial charge in [0.25, 0.3) is 5.69 Å². The molecular weight excluding hydrogens is 232 g/mol. The van der Waals surface area contributed by atoms with Crippen LogP contribution in [0.3, 0.4) is 0 Å². The molecule has 1 amide bonds. The lowest BCUT2D eigenvalue weighted by molar-refractivity contribution is -0.385. The predicted molar refractivity (Wildman–Crippen MR) is 69.8 cm³/mol. The lowest BCUT2D eigenvalue weighted by Crippen LogP contribution is -2.17. The van der Waals surface area contributed by atoms with E-state index in [1.165, 1.54) is 12.1 Å². The average molecular weight is 250 g/mol. The number of carbonyl (C=O) groups is 1. The van der Waals surface area contributed by atoms with Crippen molar-refractivity contribution in [3.63, 3.8) is 0 Å². The highest BCUT2D eigenvalue weighted by atomic mass is 16.6. The van der Waals surface area contributed by atoms with Crippen LogP contribution in [0.25, 0.3) is 0 Å². The first-order valence-electron chi connectivity index (χ1n) is 5.88. The Balaban J connectivity index is 3.71. The van der Waals surface area contributed by atoms with Gasteiger partial charge in [-0.25, -0.2) is 0 Å². The van der Waals surface area contributed by atoms with Crippen LogP contribution >= 0.6 is 0 Å². The molecule has 1 rings (SSSR count). The van der Waals surface area contributed by atoms with Crippen molar-refractivity contribution in [2.45, 2.75) is 39.5 Å². The Labute approximate surface area is 106 Å². The summed E-state index contributed by atoms with van der Waals surface area (Å²) in [5.74, 6) is -0.581. The minimum absolute atomic E-state index is 0.00444. The molecule has 0 spiro atoms. The highest BCUT2D eigenvalue weighted by Gasteiger charge is 2.26. The highest BCUT2D eigenvalue weighted by Crippen LogP contribution is 2.36. The number of nitrogens with zero attached hydrogens (tertiary/aromatic N) is 1. The molecule has 0 aliphatic carbocycles. The highest BCUT2D eigenvalue weighted by molar-refractivity contribution is 5.95. The number of primary amides is 1. The van der Waals surface area contributed by atoms with Gasteiger partial charge in [0.1, 0.15) is 0 Å².